The molecule has 0 unspecified atom stereocenters. The van der Waals surface area contributed by atoms with Gasteiger partial charge >= 0.3 is 0 Å². The zero-order chi connectivity index (χ0) is 19.1. The number of carbonyl (C=O) groups excluding carboxylic acids is 2. The van der Waals surface area contributed by atoms with Crippen LogP contribution in [0.25, 0.3) is 6.08 Å². The molecular weight excluding hydrogens is 455 g/mol. The molecule has 2 N–H and O–H groups in total. The molecular formula is C21H17IN2O3. The van der Waals surface area contributed by atoms with E-state index in [2.05, 4.69) is 33.2 Å². The van der Waals surface area contributed by atoms with Gasteiger partial charge in [0, 0.05) is 9.13 Å². The Kier molecular flexibility index (Phi) is 6.43. The lowest BCUT2D eigenvalue weighted by molar-refractivity contribution is -0.118. The summed E-state index contributed by atoms with van der Waals surface area (Å²) in [5, 5.41) is 5.46. The van der Waals surface area contributed by atoms with Gasteiger partial charge in [-0.05, 0) is 70.6 Å². The zero-order valence-electron chi connectivity index (χ0n) is 14.3. The van der Waals surface area contributed by atoms with E-state index in [0.29, 0.717) is 11.3 Å². The van der Waals surface area contributed by atoms with E-state index in [4.69, 9.17) is 4.42 Å². The maximum atomic E-state index is 12.6. The first-order chi connectivity index (χ1) is 13.1. The van der Waals surface area contributed by atoms with E-state index in [1.54, 1.807) is 36.6 Å². The summed E-state index contributed by atoms with van der Waals surface area (Å²) in [4.78, 5) is 25.2. The lowest BCUT2D eigenvalue weighted by Gasteiger charge is -2.11. The summed E-state index contributed by atoms with van der Waals surface area (Å²) in [6, 6.07) is 20.0. The van der Waals surface area contributed by atoms with Crippen LogP contribution in [0.3, 0.4) is 0 Å². The Bertz CT molecular complexity index is 933. The summed E-state index contributed by atoms with van der Waals surface area (Å²) >= 11 is 2.17. The lowest BCUT2D eigenvalue weighted by atomic mass is 10.1. The van der Waals surface area contributed by atoms with Crippen LogP contribution in [0.2, 0.25) is 0 Å². The van der Waals surface area contributed by atoms with E-state index < -0.39 is 5.91 Å². The van der Waals surface area contributed by atoms with Crippen molar-refractivity contribution in [3.8, 4) is 0 Å². The van der Waals surface area contributed by atoms with Gasteiger partial charge in [-0.3, -0.25) is 9.59 Å². The number of amides is 2. The van der Waals surface area contributed by atoms with Crippen LogP contribution in [-0.2, 0) is 11.3 Å². The van der Waals surface area contributed by atoms with E-state index >= 15 is 0 Å². The SMILES string of the molecule is O=C(NCc1ccco1)C(=Cc1ccccc1)NC(=O)c1ccc(I)cc1. The number of carbonyl (C=O) groups is 2. The number of furan rings is 1. The second-order valence-electron chi connectivity index (χ2n) is 5.69. The van der Waals surface area contributed by atoms with Crippen molar-refractivity contribution in [1.82, 2.24) is 10.6 Å². The number of benzene rings is 2. The Morgan fingerprint density at radius 1 is 0.963 bits per heavy atom. The maximum absolute atomic E-state index is 12.6. The van der Waals surface area contributed by atoms with Crippen LogP contribution >= 0.6 is 22.6 Å². The Hall–Kier alpha value is -2.87. The van der Waals surface area contributed by atoms with Crippen molar-refractivity contribution in [3.05, 3.63) is 99.1 Å². The normalized spacial score (nSPS) is 11.1. The van der Waals surface area contributed by atoms with Crippen LogP contribution < -0.4 is 10.6 Å². The molecule has 27 heavy (non-hydrogen) atoms. The molecule has 1 aromatic heterocycles. The third-order valence-corrected chi connectivity index (χ3v) is 4.43. The minimum atomic E-state index is -0.394. The van der Waals surface area contributed by atoms with E-state index in [-0.39, 0.29) is 18.1 Å². The highest BCUT2D eigenvalue weighted by Gasteiger charge is 2.15. The van der Waals surface area contributed by atoms with Crippen LogP contribution in [0, 0.1) is 3.57 Å². The van der Waals surface area contributed by atoms with Crippen molar-refractivity contribution < 1.29 is 14.0 Å². The molecule has 2 aromatic carbocycles. The van der Waals surface area contributed by atoms with Gasteiger partial charge in [-0.1, -0.05) is 30.3 Å². The van der Waals surface area contributed by atoms with Gasteiger partial charge < -0.3 is 15.1 Å². The van der Waals surface area contributed by atoms with E-state index in [1.807, 2.05) is 42.5 Å². The minimum Gasteiger partial charge on any atom is -0.467 e. The largest absolute Gasteiger partial charge is 0.467 e. The Labute approximate surface area is 170 Å². The van der Waals surface area contributed by atoms with E-state index in [0.717, 1.165) is 9.13 Å². The van der Waals surface area contributed by atoms with Crippen LogP contribution in [0.4, 0.5) is 0 Å². The quantitative estimate of drug-likeness (QED) is 0.422. The molecule has 0 aliphatic heterocycles. The van der Waals surface area contributed by atoms with Gasteiger partial charge in [0.15, 0.2) is 0 Å². The van der Waals surface area contributed by atoms with Crippen molar-refractivity contribution in [2.75, 3.05) is 0 Å². The average molecular weight is 472 g/mol. The van der Waals surface area contributed by atoms with Crippen LogP contribution in [0.1, 0.15) is 21.7 Å². The second kappa shape index (κ2) is 9.18. The van der Waals surface area contributed by atoms with Crippen molar-refractivity contribution >= 4 is 40.5 Å². The van der Waals surface area contributed by atoms with Crippen molar-refractivity contribution in [2.24, 2.45) is 0 Å². The van der Waals surface area contributed by atoms with Crippen molar-refractivity contribution in [3.63, 3.8) is 0 Å². The lowest BCUT2D eigenvalue weighted by Crippen LogP contribution is -2.34. The molecule has 5 nitrogen and oxygen atoms in total. The first kappa shape index (κ1) is 18.9. The second-order valence-corrected chi connectivity index (χ2v) is 6.94. The predicted molar refractivity (Wildman–Crippen MR) is 112 cm³/mol. The van der Waals surface area contributed by atoms with Gasteiger partial charge in [0.05, 0.1) is 12.8 Å². The molecule has 0 fully saturated rings. The van der Waals surface area contributed by atoms with Gasteiger partial charge in [-0.25, -0.2) is 0 Å². The summed E-state index contributed by atoms with van der Waals surface area (Å²) < 4.78 is 6.25. The van der Waals surface area contributed by atoms with Crippen molar-refractivity contribution in [1.29, 1.82) is 0 Å². The molecule has 1 heterocycles. The fourth-order valence-electron chi connectivity index (χ4n) is 2.35. The van der Waals surface area contributed by atoms with Crippen LogP contribution in [0.15, 0.2) is 83.1 Å². The fourth-order valence-corrected chi connectivity index (χ4v) is 2.71. The molecule has 2 amide bonds. The average Bonchev–Trinajstić information content (AvgIpc) is 3.20. The molecule has 0 spiro atoms. The first-order valence-electron chi connectivity index (χ1n) is 8.26. The smallest absolute Gasteiger partial charge is 0.268 e. The Balaban J connectivity index is 1.78. The monoisotopic (exact) mass is 472 g/mol. The summed E-state index contributed by atoms with van der Waals surface area (Å²) in [6.45, 7) is 0.233. The molecule has 0 saturated heterocycles. The van der Waals surface area contributed by atoms with E-state index in [9.17, 15) is 9.59 Å². The number of hydrogen-bond donors (Lipinski definition) is 2. The first-order valence-corrected chi connectivity index (χ1v) is 9.34. The molecule has 3 rings (SSSR count). The number of hydrogen-bond acceptors (Lipinski definition) is 3. The van der Waals surface area contributed by atoms with Crippen molar-refractivity contribution in [2.45, 2.75) is 6.54 Å². The summed E-state index contributed by atoms with van der Waals surface area (Å²) in [5.74, 6) is -0.109. The number of rotatable bonds is 6. The van der Waals surface area contributed by atoms with Gasteiger partial charge in [0.25, 0.3) is 11.8 Å². The molecule has 0 bridgehead atoms. The van der Waals surface area contributed by atoms with Gasteiger partial charge in [0.1, 0.15) is 11.5 Å². The third kappa shape index (κ3) is 5.55. The Morgan fingerprint density at radius 2 is 1.70 bits per heavy atom. The predicted octanol–water partition coefficient (Wildman–Crippen LogP) is 3.97. The minimum absolute atomic E-state index is 0.163. The number of halogens is 1. The molecule has 136 valence electrons. The standard InChI is InChI=1S/C21H17IN2O3/c22-17-10-8-16(9-11-17)20(25)24-19(13-15-5-2-1-3-6-15)21(26)23-14-18-7-4-12-27-18/h1-13H,14H2,(H,23,26)(H,24,25). The Morgan fingerprint density at radius 3 is 2.37 bits per heavy atom. The highest BCUT2D eigenvalue weighted by molar-refractivity contribution is 14.1. The molecule has 6 heteroatoms. The highest BCUT2D eigenvalue weighted by atomic mass is 127. The fraction of sp³-hybridized carbons (Fsp3) is 0.0476. The topological polar surface area (TPSA) is 71.3 Å². The molecule has 0 aliphatic carbocycles. The van der Waals surface area contributed by atoms with Gasteiger partial charge in [0.2, 0.25) is 0 Å². The molecule has 3 aromatic rings. The van der Waals surface area contributed by atoms with Gasteiger partial charge in [-0.2, -0.15) is 0 Å². The molecule has 0 atom stereocenters. The summed E-state index contributed by atoms with van der Waals surface area (Å²) in [7, 11) is 0. The highest BCUT2D eigenvalue weighted by Crippen LogP contribution is 2.10. The van der Waals surface area contributed by atoms with Crippen LogP contribution in [-0.4, -0.2) is 11.8 Å². The van der Waals surface area contributed by atoms with E-state index in [1.165, 1.54) is 0 Å². The van der Waals surface area contributed by atoms with Crippen LogP contribution in [0.5, 0.6) is 0 Å². The summed E-state index contributed by atoms with van der Waals surface area (Å²) in [6.07, 6.45) is 3.18. The molecule has 0 saturated carbocycles. The molecule has 0 aliphatic rings. The molecule has 0 radical (unpaired) electrons. The third-order valence-electron chi connectivity index (χ3n) is 3.71. The van der Waals surface area contributed by atoms with Gasteiger partial charge in [-0.15, -0.1) is 0 Å². The summed E-state index contributed by atoms with van der Waals surface area (Å²) in [5.41, 5.74) is 1.45. The maximum Gasteiger partial charge on any atom is 0.268 e. The number of nitrogens with one attached hydrogen (secondary N) is 2. The zero-order valence-corrected chi connectivity index (χ0v) is 16.5.